The highest BCUT2D eigenvalue weighted by atomic mass is 32.2. The molecule has 2 atom stereocenters. The van der Waals surface area contributed by atoms with E-state index < -0.39 is 10.0 Å². The van der Waals surface area contributed by atoms with E-state index in [2.05, 4.69) is 11.9 Å². The fourth-order valence-corrected chi connectivity index (χ4v) is 4.81. The van der Waals surface area contributed by atoms with Gasteiger partial charge in [-0.3, -0.25) is 0 Å². The van der Waals surface area contributed by atoms with Crippen molar-refractivity contribution in [1.82, 2.24) is 13.9 Å². The quantitative estimate of drug-likeness (QED) is 0.859. The molecule has 1 fully saturated rings. The van der Waals surface area contributed by atoms with Crippen molar-refractivity contribution in [2.75, 3.05) is 18.8 Å². The van der Waals surface area contributed by atoms with Crippen molar-refractivity contribution in [3.63, 3.8) is 0 Å². The Morgan fingerprint density at radius 1 is 1.35 bits per heavy atom. The highest BCUT2D eigenvalue weighted by Gasteiger charge is 2.35. The zero-order chi connectivity index (χ0) is 15.0. The van der Waals surface area contributed by atoms with E-state index in [1.807, 2.05) is 31.5 Å². The SMILES string of the molecule is C[C@H]1CCN(S(=O)(=O)CC(C)(C)C)C[C@@H]1n1ccnc1. The normalized spacial score (nSPS) is 25.8. The molecule has 0 N–H and O–H groups in total. The third-order valence-electron chi connectivity index (χ3n) is 3.80. The van der Waals surface area contributed by atoms with E-state index in [0.717, 1.165) is 6.42 Å². The van der Waals surface area contributed by atoms with Gasteiger partial charge in [0.2, 0.25) is 10.0 Å². The van der Waals surface area contributed by atoms with Gasteiger partial charge in [-0.2, -0.15) is 4.31 Å². The number of hydrogen-bond acceptors (Lipinski definition) is 3. The predicted molar refractivity (Wildman–Crippen MR) is 79.9 cm³/mol. The minimum Gasteiger partial charge on any atom is -0.333 e. The number of nitrogens with zero attached hydrogens (tertiary/aromatic N) is 3. The second kappa shape index (κ2) is 5.48. The summed E-state index contributed by atoms with van der Waals surface area (Å²) < 4.78 is 28.7. The maximum Gasteiger partial charge on any atom is 0.214 e. The number of sulfonamides is 1. The minimum atomic E-state index is -3.19. The van der Waals surface area contributed by atoms with Gasteiger partial charge in [0.15, 0.2) is 0 Å². The second-order valence-electron chi connectivity index (χ2n) is 7.02. The molecule has 0 aliphatic carbocycles. The smallest absolute Gasteiger partial charge is 0.214 e. The van der Waals surface area contributed by atoms with Gasteiger partial charge in [-0.1, -0.05) is 27.7 Å². The van der Waals surface area contributed by atoms with Crippen LogP contribution in [0.25, 0.3) is 0 Å². The van der Waals surface area contributed by atoms with Gasteiger partial charge in [0, 0.05) is 25.5 Å². The molecule has 20 heavy (non-hydrogen) atoms. The van der Waals surface area contributed by atoms with Crippen molar-refractivity contribution in [3.8, 4) is 0 Å². The molecule has 6 heteroatoms. The van der Waals surface area contributed by atoms with Crippen molar-refractivity contribution in [2.45, 2.75) is 40.2 Å². The van der Waals surface area contributed by atoms with Crippen LogP contribution in [0.2, 0.25) is 0 Å². The molecule has 0 aromatic carbocycles. The number of hydrogen-bond donors (Lipinski definition) is 0. The lowest BCUT2D eigenvalue weighted by Gasteiger charge is -2.37. The van der Waals surface area contributed by atoms with E-state index in [1.54, 1.807) is 16.8 Å². The Morgan fingerprint density at radius 2 is 2.05 bits per heavy atom. The summed E-state index contributed by atoms with van der Waals surface area (Å²) in [4.78, 5) is 4.07. The fraction of sp³-hybridized carbons (Fsp3) is 0.786. The van der Waals surface area contributed by atoms with Gasteiger partial charge in [0.25, 0.3) is 0 Å². The van der Waals surface area contributed by atoms with Crippen molar-refractivity contribution in [1.29, 1.82) is 0 Å². The molecule has 5 nitrogen and oxygen atoms in total. The van der Waals surface area contributed by atoms with Crippen LogP contribution in [0.1, 0.15) is 40.2 Å². The molecular weight excluding hydrogens is 274 g/mol. The molecule has 1 aromatic heterocycles. The van der Waals surface area contributed by atoms with E-state index >= 15 is 0 Å². The predicted octanol–water partition coefficient (Wildman–Crippen LogP) is 2.14. The molecule has 1 aliphatic heterocycles. The Hall–Kier alpha value is -0.880. The average molecular weight is 299 g/mol. The maximum atomic E-state index is 12.5. The van der Waals surface area contributed by atoms with E-state index in [-0.39, 0.29) is 17.2 Å². The first-order valence-corrected chi connectivity index (χ1v) is 8.75. The Balaban J connectivity index is 2.15. The van der Waals surface area contributed by atoms with Crippen LogP contribution in [0.3, 0.4) is 0 Å². The summed E-state index contributed by atoms with van der Waals surface area (Å²) in [7, 11) is -3.19. The summed E-state index contributed by atoms with van der Waals surface area (Å²) in [6.07, 6.45) is 6.34. The number of rotatable bonds is 3. The van der Waals surface area contributed by atoms with Crippen LogP contribution >= 0.6 is 0 Å². The molecule has 0 unspecified atom stereocenters. The van der Waals surface area contributed by atoms with Crippen molar-refractivity contribution in [2.24, 2.45) is 11.3 Å². The molecule has 0 radical (unpaired) electrons. The molecule has 114 valence electrons. The fourth-order valence-electron chi connectivity index (χ4n) is 2.76. The topological polar surface area (TPSA) is 55.2 Å². The summed E-state index contributed by atoms with van der Waals surface area (Å²) in [5.41, 5.74) is -0.216. The first-order chi connectivity index (χ1) is 9.19. The monoisotopic (exact) mass is 299 g/mol. The largest absolute Gasteiger partial charge is 0.333 e. The van der Waals surface area contributed by atoms with Crippen LogP contribution in [0.5, 0.6) is 0 Å². The standard InChI is InChI=1S/C14H25N3O2S/c1-12-5-7-17(20(18,19)10-14(2,3)4)9-13(12)16-8-6-15-11-16/h6,8,11-13H,5,7,9-10H2,1-4H3/t12-,13-/m0/s1. The Kier molecular flexibility index (Phi) is 4.25. The van der Waals surface area contributed by atoms with Crippen molar-refractivity contribution >= 4 is 10.0 Å². The van der Waals surface area contributed by atoms with Gasteiger partial charge in [0.05, 0.1) is 18.1 Å². The maximum absolute atomic E-state index is 12.5. The molecule has 2 heterocycles. The third-order valence-corrected chi connectivity index (χ3v) is 6.15. The van der Waals surface area contributed by atoms with Crippen LogP contribution in [0.4, 0.5) is 0 Å². The summed E-state index contributed by atoms with van der Waals surface area (Å²) in [5, 5.41) is 0. The minimum absolute atomic E-state index is 0.181. The molecule has 1 aliphatic rings. The van der Waals surface area contributed by atoms with Gasteiger partial charge in [-0.25, -0.2) is 13.4 Å². The van der Waals surface area contributed by atoms with Crippen LogP contribution in [0.15, 0.2) is 18.7 Å². The zero-order valence-corrected chi connectivity index (χ0v) is 13.6. The van der Waals surface area contributed by atoms with Crippen molar-refractivity contribution < 1.29 is 8.42 Å². The molecule has 0 spiro atoms. The Morgan fingerprint density at radius 3 is 2.60 bits per heavy atom. The number of piperidine rings is 1. The molecule has 2 rings (SSSR count). The van der Waals surface area contributed by atoms with E-state index in [0.29, 0.717) is 19.0 Å². The van der Waals surface area contributed by atoms with Crippen molar-refractivity contribution in [3.05, 3.63) is 18.7 Å². The highest BCUT2D eigenvalue weighted by molar-refractivity contribution is 7.89. The number of imidazole rings is 1. The molecule has 1 saturated heterocycles. The van der Waals surface area contributed by atoms with Gasteiger partial charge < -0.3 is 4.57 Å². The summed E-state index contributed by atoms with van der Waals surface area (Å²) in [6.45, 7) is 9.25. The molecular formula is C14H25N3O2S. The second-order valence-corrected chi connectivity index (χ2v) is 8.99. The Bertz CT molecular complexity index is 531. The van der Waals surface area contributed by atoms with Crippen LogP contribution in [-0.2, 0) is 10.0 Å². The van der Waals surface area contributed by atoms with Gasteiger partial charge in [-0.15, -0.1) is 0 Å². The number of aromatic nitrogens is 2. The molecule has 0 bridgehead atoms. The molecule has 0 amide bonds. The average Bonchev–Trinajstić information content (AvgIpc) is 2.79. The third kappa shape index (κ3) is 3.61. The van der Waals surface area contributed by atoms with Gasteiger partial charge >= 0.3 is 0 Å². The van der Waals surface area contributed by atoms with E-state index in [1.165, 1.54) is 0 Å². The summed E-state index contributed by atoms with van der Waals surface area (Å²) >= 11 is 0. The van der Waals surface area contributed by atoms with Crippen LogP contribution in [0, 0.1) is 11.3 Å². The summed E-state index contributed by atoms with van der Waals surface area (Å²) in [6, 6.07) is 0.181. The van der Waals surface area contributed by atoms with Gasteiger partial charge in [0.1, 0.15) is 0 Å². The molecule has 1 aromatic rings. The lowest BCUT2D eigenvalue weighted by molar-refractivity contribution is 0.199. The first-order valence-electron chi connectivity index (χ1n) is 7.14. The highest BCUT2D eigenvalue weighted by Crippen LogP contribution is 2.30. The lowest BCUT2D eigenvalue weighted by atomic mass is 9.95. The lowest BCUT2D eigenvalue weighted by Crippen LogP contribution is -2.46. The Labute approximate surface area is 122 Å². The van der Waals surface area contributed by atoms with E-state index in [9.17, 15) is 8.42 Å². The first kappa shape index (κ1) is 15.5. The zero-order valence-electron chi connectivity index (χ0n) is 12.8. The molecule has 0 saturated carbocycles. The summed E-state index contributed by atoms with van der Waals surface area (Å²) in [5.74, 6) is 0.663. The van der Waals surface area contributed by atoms with Crippen LogP contribution in [-0.4, -0.2) is 41.1 Å². The van der Waals surface area contributed by atoms with Gasteiger partial charge in [-0.05, 0) is 17.8 Å². The van der Waals surface area contributed by atoms with E-state index in [4.69, 9.17) is 0 Å². The van der Waals surface area contributed by atoms with Crippen LogP contribution < -0.4 is 0 Å².